The molecule has 3 N–H and O–H groups in total. The van der Waals surface area contributed by atoms with E-state index in [0.29, 0.717) is 0 Å². The first-order valence-electron chi connectivity index (χ1n) is 2.85. The quantitative estimate of drug-likeness (QED) is 0.377. The summed E-state index contributed by atoms with van der Waals surface area (Å²) in [4.78, 5) is 10.1. The van der Waals surface area contributed by atoms with Gasteiger partial charge >= 0.3 is 5.97 Å². The van der Waals surface area contributed by atoms with E-state index in [1.54, 1.807) is 6.26 Å². The number of carboxylic acids is 1. The van der Waals surface area contributed by atoms with Gasteiger partial charge < -0.3 is 10.8 Å². The lowest BCUT2D eigenvalue weighted by Gasteiger charge is -1.91. The van der Waals surface area contributed by atoms with Gasteiger partial charge in [-0.2, -0.15) is 0 Å². The molecule has 68 valence electrons. The minimum absolute atomic E-state index is 0.0854. The summed E-state index contributed by atoms with van der Waals surface area (Å²) in [5, 5.41) is 14.7. The molecule has 0 heterocycles. The van der Waals surface area contributed by atoms with Crippen LogP contribution in [0.2, 0.25) is 0 Å². The highest BCUT2D eigenvalue weighted by Gasteiger charge is 2.07. The molecule has 0 saturated carbocycles. The largest absolute Gasteiger partial charge is 0.477 e. The molecule has 0 aliphatic heterocycles. The average Bonchev–Trinajstić information content (AvgIpc) is 2.04. The Kier molecular flexibility index (Phi) is 5.02. The van der Waals surface area contributed by atoms with E-state index in [2.05, 4.69) is 10.2 Å². The van der Waals surface area contributed by atoms with Crippen molar-refractivity contribution in [3.63, 3.8) is 0 Å². The number of aliphatic carboxylic acids is 1. The van der Waals surface area contributed by atoms with E-state index in [0.717, 1.165) is 11.8 Å². The third-order valence-corrected chi connectivity index (χ3v) is 1.35. The van der Waals surface area contributed by atoms with Gasteiger partial charge in [0.1, 0.15) is 6.67 Å². The van der Waals surface area contributed by atoms with E-state index in [1.807, 2.05) is 0 Å². The van der Waals surface area contributed by atoms with E-state index in [1.165, 1.54) is 0 Å². The first-order valence-corrected chi connectivity index (χ1v) is 4.07. The van der Waals surface area contributed by atoms with Crippen LogP contribution in [0.3, 0.4) is 0 Å². The Morgan fingerprint density at radius 2 is 2.25 bits per heavy atom. The molecule has 5 nitrogen and oxygen atoms in total. The zero-order valence-corrected chi connectivity index (χ0v) is 7.14. The third-order valence-electron chi connectivity index (χ3n) is 0.852. The molecular formula is C5H8FN3O2S. The second-order valence-electron chi connectivity index (χ2n) is 1.63. The van der Waals surface area contributed by atoms with Gasteiger partial charge in [0.2, 0.25) is 0 Å². The van der Waals surface area contributed by atoms with Crippen LogP contribution in [-0.4, -0.2) is 34.9 Å². The van der Waals surface area contributed by atoms with Gasteiger partial charge in [-0.25, -0.2) is 9.18 Å². The fraction of sp³-hybridized carbons (Fsp3) is 0.400. The van der Waals surface area contributed by atoms with Gasteiger partial charge in [-0.1, -0.05) is 11.8 Å². The predicted molar refractivity (Wildman–Crippen MR) is 46.2 cm³/mol. The number of alkyl halides is 1. The maximum atomic E-state index is 11.8. The lowest BCUT2D eigenvalue weighted by atomic mass is 10.4. The lowest BCUT2D eigenvalue weighted by Crippen LogP contribution is -2.15. The molecule has 0 fully saturated rings. The fourth-order valence-corrected chi connectivity index (χ4v) is 0.400. The lowest BCUT2D eigenvalue weighted by molar-refractivity contribution is -0.129. The first-order chi connectivity index (χ1) is 5.61. The zero-order chi connectivity index (χ0) is 9.56. The van der Waals surface area contributed by atoms with Crippen molar-refractivity contribution in [1.29, 1.82) is 0 Å². The summed E-state index contributed by atoms with van der Waals surface area (Å²) in [5.41, 5.74) is 4.51. The highest BCUT2D eigenvalue weighted by molar-refractivity contribution is 8.13. The van der Waals surface area contributed by atoms with E-state index >= 15 is 0 Å². The summed E-state index contributed by atoms with van der Waals surface area (Å²) in [7, 11) is 0. The zero-order valence-electron chi connectivity index (χ0n) is 6.32. The van der Waals surface area contributed by atoms with Crippen LogP contribution < -0.4 is 5.73 Å². The summed E-state index contributed by atoms with van der Waals surface area (Å²) in [6.45, 7) is -1.17. The molecule has 0 aliphatic carbocycles. The number of rotatable bonds is 3. The minimum atomic E-state index is -1.44. The van der Waals surface area contributed by atoms with Crippen LogP contribution in [0.15, 0.2) is 10.2 Å². The van der Waals surface area contributed by atoms with Crippen LogP contribution in [0.5, 0.6) is 0 Å². The molecule has 0 amide bonds. The van der Waals surface area contributed by atoms with Gasteiger partial charge in [-0.05, 0) is 6.26 Å². The number of halogens is 1. The molecule has 12 heavy (non-hydrogen) atoms. The number of carboxylic acid groups (broad SMARTS) is 1. The third kappa shape index (κ3) is 3.91. The number of nitrogens with two attached hydrogens (primary N) is 1. The Bertz CT molecular complexity index is 229. The van der Waals surface area contributed by atoms with E-state index in [4.69, 9.17) is 10.8 Å². The SMILES string of the molecule is CSC(N)=N/N=C(/CF)C(=O)O. The number of hydrogen-bond donors (Lipinski definition) is 2. The van der Waals surface area contributed by atoms with Crippen LogP contribution >= 0.6 is 11.8 Å². The van der Waals surface area contributed by atoms with Gasteiger partial charge in [-0.3, -0.25) is 0 Å². The van der Waals surface area contributed by atoms with Crippen molar-refractivity contribution in [1.82, 2.24) is 0 Å². The Labute approximate surface area is 72.5 Å². The Morgan fingerprint density at radius 3 is 2.58 bits per heavy atom. The number of thioether (sulfide) groups is 1. The fourth-order valence-electron chi connectivity index (χ4n) is 0.277. The van der Waals surface area contributed by atoms with Crippen molar-refractivity contribution in [3.05, 3.63) is 0 Å². The van der Waals surface area contributed by atoms with Crippen molar-refractivity contribution in [2.45, 2.75) is 0 Å². The molecule has 0 rings (SSSR count). The van der Waals surface area contributed by atoms with E-state index < -0.39 is 18.4 Å². The second-order valence-corrected chi connectivity index (χ2v) is 2.45. The summed E-state index contributed by atoms with van der Waals surface area (Å²) in [6, 6.07) is 0. The molecular weight excluding hydrogens is 185 g/mol. The highest BCUT2D eigenvalue weighted by atomic mass is 32.2. The van der Waals surface area contributed by atoms with Crippen molar-refractivity contribution in [3.8, 4) is 0 Å². The molecule has 0 unspecified atom stereocenters. The van der Waals surface area contributed by atoms with Crippen LogP contribution in [0.1, 0.15) is 0 Å². The number of amidine groups is 1. The molecule has 0 saturated heterocycles. The maximum Gasteiger partial charge on any atom is 0.354 e. The minimum Gasteiger partial charge on any atom is -0.477 e. The predicted octanol–water partition coefficient (Wildman–Crippen LogP) is 0.0742. The van der Waals surface area contributed by atoms with Gasteiger partial charge in [0.05, 0.1) is 0 Å². The molecule has 0 atom stereocenters. The number of carbonyl (C=O) groups is 1. The summed E-state index contributed by atoms with van der Waals surface area (Å²) in [5.74, 6) is -1.44. The highest BCUT2D eigenvalue weighted by Crippen LogP contribution is 1.92. The van der Waals surface area contributed by atoms with Crippen molar-refractivity contribution < 1.29 is 14.3 Å². The molecule has 0 aromatic carbocycles. The van der Waals surface area contributed by atoms with Crippen molar-refractivity contribution in [2.24, 2.45) is 15.9 Å². The molecule has 0 bridgehead atoms. The molecule has 0 aliphatic rings. The summed E-state index contributed by atoms with van der Waals surface area (Å²) in [6.07, 6.45) is 1.64. The topological polar surface area (TPSA) is 88.0 Å². The van der Waals surface area contributed by atoms with Gasteiger partial charge in [-0.15, -0.1) is 10.2 Å². The van der Waals surface area contributed by atoms with Crippen LogP contribution in [-0.2, 0) is 4.79 Å². The van der Waals surface area contributed by atoms with E-state index in [-0.39, 0.29) is 5.17 Å². The maximum absolute atomic E-state index is 11.8. The second kappa shape index (κ2) is 5.53. The Hall–Kier alpha value is -1.11. The van der Waals surface area contributed by atoms with Gasteiger partial charge in [0.15, 0.2) is 10.9 Å². The standard InChI is InChI=1S/C5H8FN3O2S/c1-12-5(7)9-8-3(2-6)4(10)11/h2H2,1H3,(H2,7,9)(H,10,11)/b8-3-. The molecule has 0 aromatic rings. The Morgan fingerprint density at radius 1 is 1.67 bits per heavy atom. The van der Waals surface area contributed by atoms with Crippen molar-refractivity contribution in [2.75, 3.05) is 12.9 Å². The van der Waals surface area contributed by atoms with E-state index in [9.17, 15) is 9.18 Å². The first kappa shape index (κ1) is 10.9. The van der Waals surface area contributed by atoms with Gasteiger partial charge in [0.25, 0.3) is 0 Å². The normalized spacial score (nSPS) is 13.2. The number of hydrogen-bond acceptors (Lipinski definition) is 4. The number of nitrogens with zero attached hydrogens (tertiary/aromatic N) is 2. The monoisotopic (exact) mass is 193 g/mol. The molecule has 0 radical (unpaired) electrons. The van der Waals surface area contributed by atoms with Gasteiger partial charge in [0, 0.05) is 0 Å². The molecule has 0 aromatic heterocycles. The Balaban J connectivity index is 4.40. The van der Waals surface area contributed by atoms with Crippen LogP contribution in [0.25, 0.3) is 0 Å². The van der Waals surface area contributed by atoms with Crippen molar-refractivity contribution >= 4 is 28.6 Å². The summed E-state index contributed by atoms with van der Waals surface area (Å²) < 4.78 is 11.8. The smallest absolute Gasteiger partial charge is 0.354 e. The van der Waals surface area contributed by atoms with Crippen LogP contribution in [0, 0.1) is 0 Å². The molecule has 0 spiro atoms. The average molecular weight is 193 g/mol. The van der Waals surface area contributed by atoms with Crippen LogP contribution in [0.4, 0.5) is 4.39 Å². The summed E-state index contributed by atoms with van der Waals surface area (Å²) >= 11 is 1.09. The molecule has 7 heteroatoms.